The van der Waals surface area contributed by atoms with Crippen molar-refractivity contribution in [3.63, 3.8) is 0 Å². The summed E-state index contributed by atoms with van der Waals surface area (Å²) in [4.78, 5) is 27.7. The lowest BCUT2D eigenvalue weighted by Gasteiger charge is -2.31. The number of thioether (sulfide) groups is 1. The number of hydrogen-bond donors (Lipinski definition) is 0. The van der Waals surface area contributed by atoms with Crippen LogP contribution in [-0.4, -0.2) is 11.8 Å². The van der Waals surface area contributed by atoms with E-state index in [4.69, 9.17) is 16.3 Å². The summed E-state index contributed by atoms with van der Waals surface area (Å²) in [7, 11) is 0. The fraction of sp³-hybridized carbons (Fsp3) is 0.217. The summed E-state index contributed by atoms with van der Waals surface area (Å²) in [6.45, 7) is 4.01. The number of Topliss-reactive ketones (excluding diaryl/α,β-unsaturated/α-hetero) is 1. The highest BCUT2D eigenvalue weighted by molar-refractivity contribution is 9.10. The number of rotatable bonds is 4. The van der Waals surface area contributed by atoms with Crippen molar-refractivity contribution >= 4 is 72.5 Å². The second kappa shape index (κ2) is 8.50. The number of carbonyl (C=O) groups excluding carboxylic acids is 2. The maximum absolute atomic E-state index is 13.0. The van der Waals surface area contributed by atoms with Gasteiger partial charge in [-0.25, -0.2) is 4.79 Å². The lowest BCUT2D eigenvalue weighted by molar-refractivity contribution is -0.117. The molecule has 0 unspecified atom stereocenters. The lowest BCUT2D eigenvalue weighted by Crippen LogP contribution is -2.26. The molecule has 4 rings (SSSR count). The zero-order valence-electron chi connectivity index (χ0n) is 16.3. The summed E-state index contributed by atoms with van der Waals surface area (Å²) in [6, 6.07) is 15.3. The van der Waals surface area contributed by atoms with E-state index in [2.05, 4.69) is 15.9 Å². The summed E-state index contributed by atoms with van der Waals surface area (Å²) in [5.41, 5.74) is -0.277. The third-order valence-electron chi connectivity index (χ3n) is 4.75. The molecule has 7 heteroatoms. The van der Waals surface area contributed by atoms with Gasteiger partial charge in [-0.3, -0.25) is 4.79 Å². The molecule has 3 aromatic rings. The fourth-order valence-electron chi connectivity index (χ4n) is 3.37. The topological polar surface area (TPSA) is 43.4 Å². The molecule has 0 saturated heterocycles. The van der Waals surface area contributed by atoms with Crippen LogP contribution in [0.25, 0.3) is 10.1 Å². The van der Waals surface area contributed by atoms with Crippen LogP contribution in [0.15, 0.2) is 68.6 Å². The van der Waals surface area contributed by atoms with E-state index in [0.29, 0.717) is 33.4 Å². The van der Waals surface area contributed by atoms with Crippen LogP contribution < -0.4 is 0 Å². The molecule has 0 fully saturated rings. The number of esters is 1. The number of hydrogen-bond acceptors (Lipinski definition) is 5. The van der Waals surface area contributed by atoms with Crippen molar-refractivity contribution in [3.8, 4) is 0 Å². The molecule has 30 heavy (non-hydrogen) atoms. The minimum Gasteiger partial charge on any atom is -0.425 e. The van der Waals surface area contributed by atoms with Gasteiger partial charge in [-0.1, -0.05) is 71.3 Å². The van der Waals surface area contributed by atoms with Gasteiger partial charge in [0.2, 0.25) is 0 Å². The Balaban J connectivity index is 1.69. The van der Waals surface area contributed by atoms with Crippen molar-refractivity contribution in [2.45, 2.75) is 31.6 Å². The first-order valence-corrected chi connectivity index (χ1v) is 12.1. The highest BCUT2D eigenvalue weighted by Crippen LogP contribution is 2.44. The maximum atomic E-state index is 13.0. The van der Waals surface area contributed by atoms with E-state index < -0.39 is 5.97 Å². The van der Waals surface area contributed by atoms with Crippen molar-refractivity contribution in [2.24, 2.45) is 5.41 Å². The molecule has 0 bridgehead atoms. The van der Waals surface area contributed by atoms with Crippen LogP contribution in [0.2, 0.25) is 5.02 Å². The Labute approximate surface area is 196 Å². The molecule has 0 N–H and O–H groups in total. The summed E-state index contributed by atoms with van der Waals surface area (Å²) in [6.07, 6.45) is 0.919. The van der Waals surface area contributed by atoms with Gasteiger partial charge in [-0.05, 0) is 35.7 Å². The third-order valence-corrected chi connectivity index (χ3v) is 8.11. The normalized spacial score (nSPS) is 16.2. The van der Waals surface area contributed by atoms with E-state index >= 15 is 0 Å². The second-order valence-corrected chi connectivity index (χ2v) is 11.3. The van der Waals surface area contributed by atoms with Gasteiger partial charge in [0.05, 0.1) is 9.93 Å². The Kier molecular flexibility index (Phi) is 6.13. The Hall–Kier alpha value is -1.60. The highest BCUT2D eigenvalue weighted by Gasteiger charge is 2.36. The third kappa shape index (κ3) is 4.52. The van der Waals surface area contributed by atoms with E-state index in [9.17, 15) is 9.59 Å². The first-order chi connectivity index (χ1) is 14.2. The molecule has 1 aliphatic carbocycles. The van der Waals surface area contributed by atoms with Crippen LogP contribution in [0.4, 0.5) is 0 Å². The number of benzene rings is 2. The number of ketones is 1. The molecule has 0 atom stereocenters. The van der Waals surface area contributed by atoms with Crippen molar-refractivity contribution in [1.82, 2.24) is 0 Å². The number of carbonyl (C=O) groups is 2. The van der Waals surface area contributed by atoms with Gasteiger partial charge in [0.1, 0.15) is 10.6 Å². The smallest absolute Gasteiger partial charge is 0.355 e. The number of halogens is 2. The van der Waals surface area contributed by atoms with Crippen molar-refractivity contribution in [2.75, 3.05) is 0 Å². The first-order valence-electron chi connectivity index (χ1n) is 9.32. The van der Waals surface area contributed by atoms with Gasteiger partial charge in [0.25, 0.3) is 0 Å². The summed E-state index contributed by atoms with van der Waals surface area (Å²) < 4.78 is 7.70. The Morgan fingerprint density at radius 3 is 2.53 bits per heavy atom. The standard InChI is InChI=1S/C23H18BrClO3S2/c1-23(2)11-16(26)20(29-14-9-7-13(24)8-10-14)17(12-23)28-22(27)21-19(25)15-5-3-4-6-18(15)30-21/h3-10H,11-12H2,1-2H3. The Morgan fingerprint density at radius 2 is 1.83 bits per heavy atom. The van der Waals surface area contributed by atoms with Gasteiger partial charge >= 0.3 is 5.97 Å². The van der Waals surface area contributed by atoms with Gasteiger partial charge in [0, 0.05) is 32.3 Å². The number of fused-ring (bicyclic) bond motifs is 1. The van der Waals surface area contributed by atoms with E-state index in [1.54, 1.807) is 0 Å². The average molecular weight is 522 g/mol. The van der Waals surface area contributed by atoms with Gasteiger partial charge < -0.3 is 4.74 Å². The minimum absolute atomic E-state index is 0.00981. The molecule has 0 spiro atoms. The van der Waals surface area contributed by atoms with Crippen molar-refractivity contribution in [3.05, 3.63) is 73.6 Å². The van der Waals surface area contributed by atoms with E-state index in [1.165, 1.54) is 23.1 Å². The SMILES string of the molecule is CC1(C)CC(=O)C(Sc2ccc(Br)cc2)=C(OC(=O)c2sc3ccccc3c2Cl)C1. The quantitative estimate of drug-likeness (QED) is 0.328. The molecule has 1 aliphatic rings. The number of thiophene rings is 1. The zero-order valence-corrected chi connectivity index (χ0v) is 20.3. The van der Waals surface area contributed by atoms with Gasteiger partial charge in [-0.2, -0.15) is 0 Å². The second-order valence-electron chi connectivity index (χ2n) is 7.88. The van der Waals surface area contributed by atoms with Gasteiger partial charge in [-0.15, -0.1) is 11.3 Å². The molecule has 154 valence electrons. The number of ether oxygens (including phenoxy) is 1. The zero-order chi connectivity index (χ0) is 21.5. The lowest BCUT2D eigenvalue weighted by atomic mass is 9.79. The molecular weight excluding hydrogens is 504 g/mol. The predicted octanol–water partition coefficient (Wildman–Crippen LogP) is 7.87. The summed E-state index contributed by atoms with van der Waals surface area (Å²) in [5.74, 6) is -0.109. The predicted molar refractivity (Wildman–Crippen MR) is 127 cm³/mol. The van der Waals surface area contributed by atoms with Crippen LogP contribution in [-0.2, 0) is 9.53 Å². The average Bonchev–Trinajstić information content (AvgIpc) is 3.02. The molecule has 1 aromatic heterocycles. The summed E-state index contributed by atoms with van der Waals surface area (Å²) in [5, 5.41) is 1.22. The molecule has 0 saturated carbocycles. The molecule has 1 heterocycles. The Morgan fingerprint density at radius 1 is 1.13 bits per heavy atom. The van der Waals surface area contributed by atoms with Crippen LogP contribution in [0.3, 0.4) is 0 Å². The van der Waals surface area contributed by atoms with Crippen molar-refractivity contribution < 1.29 is 14.3 Å². The Bertz CT molecular complexity index is 1180. The molecule has 0 amide bonds. The van der Waals surface area contributed by atoms with E-state index in [0.717, 1.165) is 19.5 Å². The van der Waals surface area contributed by atoms with Crippen molar-refractivity contribution in [1.29, 1.82) is 0 Å². The highest BCUT2D eigenvalue weighted by atomic mass is 79.9. The summed E-state index contributed by atoms with van der Waals surface area (Å²) >= 11 is 12.5. The largest absolute Gasteiger partial charge is 0.425 e. The molecule has 0 radical (unpaired) electrons. The number of allylic oxidation sites excluding steroid dienone is 2. The van der Waals surface area contributed by atoms with Crippen LogP contribution in [0.5, 0.6) is 0 Å². The van der Waals surface area contributed by atoms with E-state index in [1.807, 2.05) is 62.4 Å². The van der Waals surface area contributed by atoms with Crippen LogP contribution in [0.1, 0.15) is 36.4 Å². The van der Waals surface area contributed by atoms with E-state index in [-0.39, 0.29) is 11.2 Å². The first kappa shape index (κ1) is 21.6. The molecule has 3 nitrogen and oxygen atoms in total. The maximum Gasteiger partial charge on any atom is 0.355 e. The molecule has 0 aliphatic heterocycles. The van der Waals surface area contributed by atoms with Gasteiger partial charge in [0.15, 0.2) is 5.78 Å². The molecular formula is C23H18BrClO3S2. The van der Waals surface area contributed by atoms with Crippen LogP contribution in [0, 0.1) is 5.41 Å². The molecule has 2 aromatic carbocycles. The van der Waals surface area contributed by atoms with Crippen LogP contribution >= 0.6 is 50.6 Å². The fourth-order valence-corrected chi connectivity index (χ4v) is 5.94. The minimum atomic E-state index is -0.518. The monoisotopic (exact) mass is 520 g/mol.